The second-order valence-electron chi connectivity index (χ2n) is 7.23. The van der Waals surface area contributed by atoms with Gasteiger partial charge in [-0.2, -0.15) is 18.3 Å². The maximum Gasteiger partial charge on any atom is 0.416 e. The van der Waals surface area contributed by atoms with Gasteiger partial charge in [0, 0.05) is 23.5 Å². The number of aromatic nitrogens is 2. The first-order valence-electron chi connectivity index (χ1n) is 9.68. The molecule has 168 valence electrons. The van der Waals surface area contributed by atoms with Gasteiger partial charge in [0.25, 0.3) is 0 Å². The van der Waals surface area contributed by atoms with Crippen molar-refractivity contribution in [3.05, 3.63) is 64.8 Å². The fraction of sp³-hybridized carbons (Fsp3) is 0.273. The van der Waals surface area contributed by atoms with Gasteiger partial charge in [-0.25, -0.2) is 0 Å². The Balaban J connectivity index is 1.60. The lowest BCUT2D eigenvalue weighted by atomic mass is 9.87. The van der Waals surface area contributed by atoms with Gasteiger partial charge in [0.2, 0.25) is 5.91 Å². The van der Waals surface area contributed by atoms with Gasteiger partial charge in [0.1, 0.15) is 18.2 Å². The van der Waals surface area contributed by atoms with Crippen LogP contribution in [0.4, 0.5) is 19.0 Å². The highest BCUT2D eigenvalue weighted by molar-refractivity contribution is 5.94. The van der Waals surface area contributed by atoms with Crippen molar-refractivity contribution >= 4 is 11.7 Å². The molecule has 0 bridgehead atoms. The molecular formula is C22H20F3N3O4. The van der Waals surface area contributed by atoms with Crippen LogP contribution in [0.15, 0.2) is 42.6 Å². The highest BCUT2D eigenvalue weighted by Gasteiger charge is 2.34. The van der Waals surface area contributed by atoms with E-state index in [0.29, 0.717) is 17.3 Å². The average Bonchev–Trinajstić information content (AvgIpc) is 3.24. The van der Waals surface area contributed by atoms with Gasteiger partial charge in [-0.3, -0.25) is 9.89 Å². The molecule has 0 saturated carbocycles. The average molecular weight is 447 g/mol. The van der Waals surface area contributed by atoms with E-state index in [2.05, 4.69) is 15.5 Å². The normalized spacial score (nSPS) is 15.7. The number of methoxy groups -OCH3 is 2. The van der Waals surface area contributed by atoms with E-state index in [4.69, 9.17) is 14.2 Å². The van der Waals surface area contributed by atoms with Gasteiger partial charge in [0.15, 0.2) is 11.5 Å². The number of halogens is 3. The Morgan fingerprint density at radius 1 is 1.09 bits per heavy atom. The van der Waals surface area contributed by atoms with Crippen LogP contribution in [0, 0.1) is 0 Å². The Morgan fingerprint density at radius 2 is 1.91 bits per heavy atom. The number of alkyl halides is 3. The number of rotatable bonds is 6. The van der Waals surface area contributed by atoms with E-state index in [-0.39, 0.29) is 36.2 Å². The predicted octanol–water partition coefficient (Wildman–Crippen LogP) is 4.50. The SMILES string of the molecule is COc1ccc(C(F)(F)F)c(COc2ccc(C3CC(=O)Nc4[nH]ncc43)cc2OC)c1. The third-order valence-electron chi connectivity index (χ3n) is 5.29. The standard InChI is InChI=1S/C22H20F3N3O4/c1-30-14-4-5-17(22(23,24)25)13(7-14)11-32-18-6-3-12(8-19(18)31-2)15-9-20(29)27-21-16(15)10-26-28-21/h3-8,10,15H,9,11H2,1-2H3,(H2,26,27,28,29). The molecule has 10 heteroatoms. The number of hydrogen-bond acceptors (Lipinski definition) is 5. The molecular weight excluding hydrogens is 427 g/mol. The highest BCUT2D eigenvalue weighted by atomic mass is 19.4. The van der Waals surface area contributed by atoms with Crippen molar-refractivity contribution in [1.82, 2.24) is 10.2 Å². The van der Waals surface area contributed by atoms with E-state index in [9.17, 15) is 18.0 Å². The fourth-order valence-corrected chi connectivity index (χ4v) is 3.71. The largest absolute Gasteiger partial charge is 0.497 e. The van der Waals surface area contributed by atoms with E-state index in [1.54, 1.807) is 24.4 Å². The molecule has 0 aliphatic carbocycles. The zero-order chi connectivity index (χ0) is 22.9. The summed E-state index contributed by atoms with van der Waals surface area (Å²) in [6.07, 6.45) is -2.64. The van der Waals surface area contributed by atoms with Crippen molar-refractivity contribution in [2.45, 2.75) is 25.1 Å². The number of anilines is 1. The predicted molar refractivity (Wildman–Crippen MR) is 109 cm³/mol. The second-order valence-corrected chi connectivity index (χ2v) is 7.23. The zero-order valence-electron chi connectivity index (χ0n) is 17.2. The fourth-order valence-electron chi connectivity index (χ4n) is 3.71. The summed E-state index contributed by atoms with van der Waals surface area (Å²) in [5.41, 5.74) is 0.778. The molecule has 1 aliphatic rings. The highest BCUT2D eigenvalue weighted by Crippen LogP contribution is 2.40. The molecule has 4 rings (SSSR count). The molecule has 0 fully saturated rings. The van der Waals surface area contributed by atoms with Gasteiger partial charge in [-0.15, -0.1) is 0 Å². The number of carbonyl (C=O) groups is 1. The first-order valence-corrected chi connectivity index (χ1v) is 9.68. The van der Waals surface area contributed by atoms with E-state index in [1.807, 2.05) is 0 Å². The van der Waals surface area contributed by atoms with Crippen molar-refractivity contribution in [1.29, 1.82) is 0 Å². The minimum atomic E-state index is -4.53. The molecule has 0 saturated heterocycles. The van der Waals surface area contributed by atoms with Crippen LogP contribution in [0.2, 0.25) is 0 Å². The van der Waals surface area contributed by atoms with Gasteiger partial charge < -0.3 is 19.5 Å². The smallest absolute Gasteiger partial charge is 0.416 e. The molecule has 3 aromatic rings. The molecule has 7 nitrogen and oxygen atoms in total. The van der Waals surface area contributed by atoms with E-state index in [1.165, 1.54) is 26.4 Å². The Bertz CT molecular complexity index is 1140. The topological polar surface area (TPSA) is 85.5 Å². The van der Waals surface area contributed by atoms with Crippen LogP contribution in [0.5, 0.6) is 17.2 Å². The lowest BCUT2D eigenvalue weighted by molar-refractivity contribution is -0.138. The molecule has 1 aliphatic heterocycles. The van der Waals surface area contributed by atoms with Crippen LogP contribution in [0.25, 0.3) is 0 Å². The van der Waals surface area contributed by atoms with Crippen LogP contribution >= 0.6 is 0 Å². The second kappa shape index (κ2) is 8.45. The Morgan fingerprint density at radius 3 is 2.62 bits per heavy atom. The minimum absolute atomic E-state index is 0.0602. The summed E-state index contributed by atoms with van der Waals surface area (Å²) in [5, 5.41) is 9.46. The van der Waals surface area contributed by atoms with Crippen LogP contribution < -0.4 is 19.5 Å². The summed E-state index contributed by atoms with van der Waals surface area (Å²) in [7, 11) is 2.82. The van der Waals surface area contributed by atoms with Crippen molar-refractivity contribution in [2.75, 3.05) is 19.5 Å². The maximum absolute atomic E-state index is 13.4. The zero-order valence-corrected chi connectivity index (χ0v) is 17.2. The van der Waals surface area contributed by atoms with Crippen LogP contribution in [-0.2, 0) is 17.6 Å². The monoisotopic (exact) mass is 447 g/mol. The lowest BCUT2D eigenvalue weighted by Gasteiger charge is -2.23. The Hall–Kier alpha value is -3.69. The number of carbonyl (C=O) groups excluding carboxylic acids is 1. The summed E-state index contributed by atoms with van der Waals surface area (Å²) in [6, 6.07) is 8.61. The van der Waals surface area contributed by atoms with Crippen molar-refractivity contribution in [3.8, 4) is 17.2 Å². The van der Waals surface area contributed by atoms with Gasteiger partial charge in [0.05, 0.1) is 26.0 Å². The number of nitrogens with one attached hydrogen (secondary N) is 2. The maximum atomic E-state index is 13.4. The Labute approximate surface area is 181 Å². The van der Waals surface area contributed by atoms with E-state index < -0.39 is 11.7 Å². The summed E-state index contributed by atoms with van der Waals surface area (Å²) in [5.74, 6) is 1.07. The summed E-state index contributed by atoms with van der Waals surface area (Å²) >= 11 is 0. The first kappa shape index (κ1) is 21.5. The first-order chi connectivity index (χ1) is 15.3. The summed E-state index contributed by atoms with van der Waals surface area (Å²) < 4.78 is 56.3. The summed E-state index contributed by atoms with van der Waals surface area (Å²) in [6.45, 7) is -0.334. The van der Waals surface area contributed by atoms with Crippen LogP contribution in [0.3, 0.4) is 0 Å². The molecule has 1 unspecified atom stereocenters. The van der Waals surface area contributed by atoms with Crippen LogP contribution in [0.1, 0.15) is 34.6 Å². The number of hydrogen-bond donors (Lipinski definition) is 2. The third-order valence-corrected chi connectivity index (χ3v) is 5.29. The summed E-state index contributed by atoms with van der Waals surface area (Å²) in [4.78, 5) is 12.0. The molecule has 2 heterocycles. The molecule has 1 amide bonds. The number of aromatic amines is 1. The number of amides is 1. The van der Waals surface area contributed by atoms with E-state index >= 15 is 0 Å². The number of fused-ring (bicyclic) bond motifs is 1. The molecule has 1 aromatic heterocycles. The molecule has 0 spiro atoms. The molecule has 1 atom stereocenters. The van der Waals surface area contributed by atoms with Crippen LogP contribution in [-0.4, -0.2) is 30.3 Å². The molecule has 2 N–H and O–H groups in total. The third kappa shape index (κ3) is 4.20. The number of ether oxygens (including phenoxy) is 3. The molecule has 32 heavy (non-hydrogen) atoms. The van der Waals surface area contributed by atoms with Crippen molar-refractivity contribution in [2.24, 2.45) is 0 Å². The van der Waals surface area contributed by atoms with Gasteiger partial charge >= 0.3 is 6.18 Å². The number of H-pyrrole nitrogens is 1. The number of benzene rings is 2. The van der Waals surface area contributed by atoms with Crippen molar-refractivity contribution < 1.29 is 32.2 Å². The minimum Gasteiger partial charge on any atom is -0.497 e. The van der Waals surface area contributed by atoms with Gasteiger partial charge in [-0.05, 0) is 35.9 Å². The van der Waals surface area contributed by atoms with E-state index in [0.717, 1.165) is 17.2 Å². The quantitative estimate of drug-likeness (QED) is 0.581. The van der Waals surface area contributed by atoms with Crippen molar-refractivity contribution in [3.63, 3.8) is 0 Å². The Kier molecular flexibility index (Phi) is 5.68. The lowest BCUT2D eigenvalue weighted by Crippen LogP contribution is -2.23. The molecule has 2 aromatic carbocycles. The van der Waals surface area contributed by atoms with Gasteiger partial charge in [-0.1, -0.05) is 6.07 Å². The number of nitrogens with zero attached hydrogens (tertiary/aromatic N) is 1. The molecule has 0 radical (unpaired) electrons.